The topological polar surface area (TPSA) is 414 Å². The summed E-state index contributed by atoms with van der Waals surface area (Å²) in [6.07, 6.45) is 24.6. The molecule has 0 saturated heterocycles. The Morgan fingerprint density at radius 2 is 0.809 bits per heavy atom. The first-order valence-electron chi connectivity index (χ1n) is 25.7. The predicted octanol–water partition coefficient (Wildman–Crippen LogP) is 8.80. The van der Waals surface area contributed by atoms with Gasteiger partial charge in [0.2, 0.25) is 19.0 Å². The Labute approximate surface area is 509 Å². The van der Waals surface area contributed by atoms with E-state index < -0.39 is 30.5 Å². The summed E-state index contributed by atoms with van der Waals surface area (Å²) in [6.45, 7) is 2.72. The van der Waals surface area contributed by atoms with Crippen molar-refractivity contribution in [3.05, 3.63) is 252 Å². The molecular weight excluding hydrogens is 1230 g/mol. The zero-order chi connectivity index (χ0) is 63.4. The highest BCUT2D eigenvalue weighted by atomic mass is 79.9. The van der Waals surface area contributed by atoms with E-state index in [1.165, 1.54) is 37.6 Å². The number of aromatic nitrogens is 16. The third kappa shape index (κ3) is 17.4. The fourth-order valence-electron chi connectivity index (χ4n) is 7.75. The van der Waals surface area contributed by atoms with Gasteiger partial charge >= 0.3 is 23.3 Å². The minimum Gasteiger partial charge on any atom is -0.383 e. The standard InChI is InChI=1S/C15H15N5O3.C15H17N5O.C12H9N5O2.C9H6BrN3O2.C3H2N4O4/c1-23-7-6-19-9-13(8-17-19)12-2-4-14(5-3-12)18-10-15(16-11-18)20(21)22;1-21-7-6-20-9-13(8-18-20)12-2-4-14(5-3-12)19-10-15(16)17-11-19;18-17(19)12-7-16(8-13-12)11-3-1-9(2-4-11)10-5-14-15-6-10;10-7-1-3-8(4-2-7)12-5-9(11-6-12)13(14)15;8-6(9)3-1-5(2-4-3)7(10)11/h2-5,8-11H,6-7H2,1H3;2-5,8-11H,6-7,16H2,1H3;1-8H,(H,14,15);1-6H;1-2H. The van der Waals surface area contributed by atoms with E-state index in [1.54, 1.807) is 59.0 Å². The Balaban J connectivity index is 0.000000147. The van der Waals surface area contributed by atoms with Gasteiger partial charge in [-0.2, -0.15) is 15.3 Å². The molecule has 8 aromatic heterocycles. The zero-order valence-corrected chi connectivity index (χ0v) is 48.2. The van der Waals surface area contributed by atoms with Crippen molar-refractivity contribution in [2.24, 2.45) is 0 Å². The lowest BCUT2D eigenvalue weighted by Gasteiger charge is -2.03. The highest BCUT2D eigenvalue weighted by Crippen LogP contribution is 2.25. The summed E-state index contributed by atoms with van der Waals surface area (Å²) in [7, 11) is 3.34. The van der Waals surface area contributed by atoms with Crippen molar-refractivity contribution in [2.75, 3.05) is 33.2 Å². The smallest absolute Gasteiger partial charge is 0.383 e. The number of nitrogens with zero attached hydrogens (tertiary/aromatic N) is 20. The van der Waals surface area contributed by atoms with E-state index in [9.17, 15) is 50.6 Å². The molecule has 0 fully saturated rings. The number of rotatable bonds is 18. The van der Waals surface area contributed by atoms with Gasteiger partial charge in [0.15, 0.2) is 11.2 Å². The number of nitrogen functional groups attached to an aromatic ring is 1. The van der Waals surface area contributed by atoms with Gasteiger partial charge in [0.1, 0.15) is 30.7 Å². The lowest BCUT2D eigenvalue weighted by Crippen LogP contribution is -2.04. The molecule has 8 heterocycles. The molecule has 35 heteroatoms. The number of imidazole rings is 5. The summed E-state index contributed by atoms with van der Waals surface area (Å²) in [5, 5.41) is 66.0. The Morgan fingerprint density at radius 3 is 1.12 bits per heavy atom. The summed E-state index contributed by atoms with van der Waals surface area (Å²) in [6, 6.07) is 30.8. The van der Waals surface area contributed by atoms with Crippen molar-refractivity contribution in [1.82, 2.24) is 77.6 Å². The number of H-pyrrole nitrogens is 1. The molecule has 0 amide bonds. The second kappa shape index (κ2) is 30.0. The number of methoxy groups -OCH3 is 2. The number of nitrogens with one attached hydrogen (secondary N) is 1. The molecular formula is C54H49BrN22O12. The van der Waals surface area contributed by atoms with Crippen molar-refractivity contribution in [2.45, 2.75) is 13.1 Å². The Kier molecular flexibility index (Phi) is 21.2. The second-order valence-corrected chi connectivity index (χ2v) is 19.0. The van der Waals surface area contributed by atoms with Crippen molar-refractivity contribution in [3.8, 4) is 56.1 Å². The lowest BCUT2D eigenvalue weighted by atomic mass is 10.1. The molecule has 0 atom stereocenters. The molecule has 0 aliphatic rings. The molecule has 0 spiro atoms. The van der Waals surface area contributed by atoms with E-state index in [0.29, 0.717) is 30.3 Å². The molecule has 0 aliphatic heterocycles. The SMILES string of the molecule is COCCn1cc(-c2ccc(-n3cnc(N)c3)cc2)cn1.COCCn1cc(-c2ccc(-n3cnc([N+](=O)[O-])c3)cc2)cn1.O=[N+]([O-])c1cn(-c2ccc(-c3cn[nH]c3)cc2)cn1.O=[N+]([O-])c1cn(-c2ccc(Br)cc2)cn1.O=[N+]([O-])c1cn([N+](=O)[O-])cn1. The molecule has 4 aromatic carbocycles. The number of hydrogen-bond acceptors (Lipinski definition) is 21. The van der Waals surface area contributed by atoms with Crippen LogP contribution < -0.4 is 5.73 Å². The number of ether oxygens (including phenoxy) is 2. The molecule has 34 nitrogen and oxygen atoms in total. The number of nitrogens with two attached hydrogens (primary N) is 1. The summed E-state index contributed by atoms with van der Waals surface area (Å²) < 4.78 is 21.9. The van der Waals surface area contributed by atoms with Crippen LogP contribution in [0.5, 0.6) is 0 Å². The number of anilines is 1. The third-order valence-corrected chi connectivity index (χ3v) is 12.8. The molecule has 0 bridgehead atoms. The van der Waals surface area contributed by atoms with Crippen LogP contribution in [0.4, 0.5) is 29.1 Å². The first-order valence-corrected chi connectivity index (χ1v) is 26.5. The van der Waals surface area contributed by atoms with Crippen LogP contribution in [0, 0.1) is 50.6 Å². The van der Waals surface area contributed by atoms with Crippen LogP contribution in [0.1, 0.15) is 0 Å². The maximum Gasteiger partial charge on any atom is 0.388 e. The van der Waals surface area contributed by atoms with Crippen LogP contribution in [-0.4, -0.2) is 130 Å². The quantitative estimate of drug-likeness (QED) is 0.0598. The number of hydrogen-bond donors (Lipinski definition) is 2. The minimum absolute atomic E-state index is 0.155. The van der Waals surface area contributed by atoms with Gasteiger partial charge in [0, 0.05) is 76.7 Å². The molecule has 0 aliphatic carbocycles. The van der Waals surface area contributed by atoms with Crippen LogP contribution in [0.25, 0.3) is 56.1 Å². The number of benzene rings is 4. The third-order valence-electron chi connectivity index (χ3n) is 12.2. The van der Waals surface area contributed by atoms with Gasteiger partial charge in [0.25, 0.3) is 6.33 Å². The first-order chi connectivity index (χ1) is 42.9. The van der Waals surface area contributed by atoms with Crippen LogP contribution in [0.2, 0.25) is 0 Å². The summed E-state index contributed by atoms with van der Waals surface area (Å²) in [5.74, 6) is -0.523. The van der Waals surface area contributed by atoms with Gasteiger partial charge < -0.3 is 60.2 Å². The van der Waals surface area contributed by atoms with E-state index in [0.717, 1.165) is 79.7 Å². The molecule has 89 heavy (non-hydrogen) atoms. The van der Waals surface area contributed by atoms with Crippen LogP contribution in [0.15, 0.2) is 201 Å². The van der Waals surface area contributed by atoms with E-state index in [1.807, 2.05) is 117 Å². The largest absolute Gasteiger partial charge is 0.388 e. The van der Waals surface area contributed by atoms with Gasteiger partial charge in [-0.3, -0.25) is 28.2 Å². The normalized spacial score (nSPS) is 10.5. The van der Waals surface area contributed by atoms with Crippen molar-refractivity contribution in [3.63, 3.8) is 0 Å². The average Bonchev–Trinajstić information content (AvgIpc) is 4.11. The van der Waals surface area contributed by atoms with Crippen LogP contribution in [0.3, 0.4) is 0 Å². The fourth-order valence-corrected chi connectivity index (χ4v) is 8.01. The van der Waals surface area contributed by atoms with Crippen LogP contribution in [-0.2, 0) is 22.6 Å². The van der Waals surface area contributed by atoms with Gasteiger partial charge in [-0.1, -0.05) is 52.3 Å². The molecule has 12 rings (SSSR count). The number of halogens is 1. The molecule has 0 unspecified atom stereocenters. The molecule has 3 N–H and O–H groups in total. The predicted molar refractivity (Wildman–Crippen MR) is 321 cm³/mol. The molecule has 0 radical (unpaired) electrons. The van der Waals surface area contributed by atoms with Crippen molar-refractivity contribution < 1.29 is 34.2 Å². The summed E-state index contributed by atoms with van der Waals surface area (Å²) >= 11 is 3.31. The van der Waals surface area contributed by atoms with Gasteiger partial charge in [-0.15, -0.1) is 0 Å². The maximum absolute atomic E-state index is 10.7. The Hall–Kier alpha value is -12.2. The fraction of sp³-hybridized carbons (Fsp3) is 0.111. The van der Waals surface area contributed by atoms with Gasteiger partial charge in [-0.05, 0) is 122 Å². The number of nitro groups is 5. The van der Waals surface area contributed by atoms with Gasteiger partial charge in [-0.25, -0.2) is 15.1 Å². The Morgan fingerprint density at radius 1 is 0.449 bits per heavy atom. The minimum atomic E-state index is -0.819. The summed E-state index contributed by atoms with van der Waals surface area (Å²) in [5.41, 5.74) is 15.3. The van der Waals surface area contributed by atoms with E-state index in [-0.39, 0.29) is 17.5 Å². The lowest BCUT2D eigenvalue weighted by molar-refractivity contribution is -0.542. The highest BCUT2D eigenvalue weighted by molar-refractivity contribution is 9.10. The van der Waals surface area contributed by atoms with E-state index in [2.05, 4.69) is 73.4 Å². The van der Waals surface area contributed by atoms with Crippen molar-refractivity contribution >= 4 is 45.0 Å². The second-order valence-electron chi connectivity index (χ2n) is 18.1. The Bertz CT molecular complexity index is 4240. The molecule has 454 valence electrons. The summed E-state index contributed by atoms with van der Waals surface area (Å²) in [4.78, 5) is 67.5. The van der Waals surface area contributed by atoms with Crippen LogP contribution >= 0.6 is 15.9 Å². The monoisotopic (exact) mass is 1280 g/mol. The maximum atomic E-state index is 10.7. The molecule has 0 saturated carbocycles. The first kappa shape index (κ1) is 62.8. The zero-order valence-electron chi connectivity index (χ0n) is 46.6. The van der Waals surface area contributed by atoms with E-state index in [4.69, 9.17) is 15.2 Å². The molecule has 12 aromatic rings. The van der Waals surface area contributed by atoms with Crippen molar-refractivity contribution in [1.29, 1.82) is 0 Å². The van der Waals surface area contributed by atoms with E-state index >= 15 is 0 Å². The highest BCUT2D eigenvalue weighted by Gasteiger charge is 2.16. The van der Waals surface area contributed by atoms with Gasteiger partial charge in [0.05, 0.1) is 51.1 Å². The number of aromatic amines is 1. The average molecular weight is 1280 g/mol.